The zero-order chi connectivity index (χ0) is 17.4. The van der Waals surface area contributed by atoms with Crippen LogP contribution in [0.25, 0.3) is 0 Å². The largest absolute Gasteiger partial charge is 0.876 e. The van der Waals surface area contributed by atoms with Crippen molar-refractivity contribution in [2.24, 2.45) is 0 Å². The van der Waals surface area contributed by atoms with Gasteiger partial charge in [0.05, 0.1) is 0 Å². The fourth-order valence-electron chi connectivity index (χ4n) is 1.97. The van der Waals surface area contributed by atoms with Gasteiger partial charge in [-0.15, -0.1) is 0 Å². The van der Waals surface area contributed by atoms with Crippen molar-refractivity contribution in [3.63, 3.8) is 0 Å². The van der Waals surface area contributed by atoms with Gasteiger partial charge in [-0.3, -0.25) is 0 Å². The second-order valence-corrected chi connectivity index (χ2v) is 6.39. The molecule has 0 spiro atoms. The molecule has 0 saturated heterocycles. The van der Waals surface area contributed by atoms with Crippen LogP contribution in [0.3, 0.4) is 0 Å². The van der Waals surface area contributed by atoms with E-state index in [-0.39, 0.29) is 0 Å². The Morgan fingerprint density at radius 1 is 0.560 bits per heavy atom. The van der Waals surface area contributed by atoms with Crippen LogP contribution in [0.1, 0.15) is 0 Å². The summed E-state index contributed by atoms with van der Waals surface area (Å²) >= 11 is 0. The predicted octanol–water partition coefficient (Wildman–Crippen LogP) is 5.45. The zero-order valence-electron chi connectivity index (χ0n) is 13.1. The van der Waals surface area contributed by atoms with Gasteiger partial charge in [-0.1, -0.05) is 54.6 Å². The summed E-state index contributed by atoms with van der Waals surface area (Å²) in [7, 11) is -3.70. The second kappa shape index (κ2) is 8.13. The molecule has 0 aliphatic rings. The zero-order valence-corrected chi connectivity index (χ0v) is 14.0. The van der Waals surface area contributed by atoms with E-state index in [0.717, 1.165) is 0 Å². The molecule has 0 N–H and O–H groups in total. The van der Waals surface area contributed by atoms with Crippen LogP contribution < -0.4 is 13.6 Å². The Labute approximate surface area is 145 Å². The van der Waals surface area contributed by atoms with Crippen molar-refractivity contribution in [3.8, 4) is 17.2 Å². The third-order valence-corrected chi connectivity index (χ3v) is 4.55. The molecule has 0 aliphatic heterocycles. The fourth-order valence-corrected chi connectivity index (χ4v) is 3.39. The average molecular weight is 358 g/mol. The van der Waals surface area contributed by atoms with Gasteiger partial charge in [0.15, 0.2) is 17.2 Å². The first-order chi connectivity index (χ1) is 12.3. The van der Waals surface area contributed by atoms with Crippen LogP contribution in [0.2, 0.25) is 0 Å². The van der Waals surface area contributed by atoms with E-state index in [4.69, 9.17) is 18.2 Å². The molecule has 0 fully saturated rings. The predicted molar refractivity (Wildman–Crippen MR) is 95.9 cm³/mol. The summed E-state index contributed by atoms with van der Waals surface area (Å²) in [6.45, 7) is 0. The van der Waals surface area contributed by atoms with Crippen molar-refractivity contribution in [2.75, 3.05) is 0 Å². The lowest BCUT2D eigenvalue weighted by Crippen LogP contribution is -2.16. The lowest BCUT2D eigenvalue weighted by atomic mass is 10.3. The van der Waals surface area contributed by atoms with Crippen molar-refractivity contribution in [3.05, 3.63) is 101 Å². The summed E-state index contributed by atoms with van der Waals surface area (Å²) in [6, 6.07) is 26.2. The number of rotatable bonds is 8. The van der Waals surface area contributed by atoms with Crippen LogP contribution in [0, 0.1) is 9.71 Å². The summed E-state index contributed by atoms with van der Waals surface area (Å²) in [4.78, 5) is 10.8. The molecule has 0 unspecified atom stereocenters. The van der Waals surface area contributed by atoms with Crippen molar-refractivity contribution in [1.29, 1.82) is 0 Å². The van der Waals surface area contributed by atoms with Gasteiger partial charge in [0.1, 0.15) is 0 Å². The van der Waals surface area contributed by atoms with E-state index < -0.39 is 8.17 Å². The highest BCUT2D eigenvalue weighted by atomic mass is 31.2. The molecule has 0 atom stereocenters. The SMILES string of the molecule is O=[O+]O[P+](Oc1ccccc1)(Oc1ccccc1)Oc1ccccc1. The minimum absolute atomic E-state index is 0.403. The van der Waals surface area contributed by atoms with Crippen molar-refractivity contribution >= 4 is 8.17 Å². The van der Waals surface area contributed by atoms with Crippen LogP contribution in [0.15, 0.2) is 91.0 Å². The molecular formula is C18H15O6P+2. The molecule has 0 aromatic heterocycles. The third-order valence-electron chi connectivity index (χ3n) is 3.00. The molecule has 0 heterocycles. The molecular weight excluding hydrogens is 343 g/mol. The van der Waals surface area contributed by atoms with Gasteiger partial charge in [0, 0.05) is 0 Å². The van der Waals surface area contributed by atoms with Gasteiger partial charge in [0.25, 0.3) is 4.96 Å². The number of para-hydroxylation sites is 3. The molecule has 126 valence electrons. The summed E-state index contributed by atoms with van der Waals surface area (Å²) in [5.41, 5.74) is 0. The van der Waals surface area contributed by atoms with Gasteiger partial charge in [-0.05, 0) is 36.4 Å². The highest BCUT2D eigenvalue weighted by molar-refractivity contribution is 7.57. The molecule has 0 bridgehead atoms. The minimum atomic E-state index is -3.70. The first-order valence-corrected chi connectivity index (χ1v) is 8.87. The van der Waals surface area contributed by atoms with E-state index in [1.807, 2.05) is 18.2 Å². The Morgan fingerprint density at radius 2 is 0.880 bits per heavy atom. The molecule has 3 aromatic carbocycles. The van der Waals surface area contributed by atoms with Crippen LogP contribution in [-0.4, -0.2) is 0 Å². The maximum Gasteiger partial charge on any atom is 0.876 e. The highest BCUT2D eigenvalue weighted by Gasteiger charge is 2.66. The number of hydrogen-bond donors (Lipinski definition) is 0. The van der Waals surface area contributed by atoms with E-state index in [9.17, 15) is 4.96 Å². The van der Waals surface area contributed by atoms with Crippen LogP contribution in [-0.2, 0) is 4.67 Å². The Kier molecular flexibility index (Phi) is 5.44. The van der Waals surface area contributed by atoms with E-state index in [2.05, 4.69) is 4.75 Å². The van der Waals surface area contributed by atoms with Crippen LogP contribution >= 0.6 is 8.17 Å². The summed E-state index contributed by atoms with van der Waals surface area (Å²) in [5.74, 6) is 1.21. The molecule has 0 radical (unpaired) electrons. The van der Waals surface area contributed by atoms with Crippen LogP contribution in [0.4, 0.5) is 0 Å². The average Bonchev–Trinajstić information content (AvgIpc) is 2.64. The first-order valence-electron chi connectivity index (χ1n) is 7.41. The molecule has 3 aromatic rings. The van der Waals surface area contributed by atoms with Crippen molar-refractivity contribution < 1.29 is 18.2 Å². The van der Waals surface area contributed by atoms with Crippen molar-refractivity contribution in [1.82, 2.24) is 0 Å². The number of benzene rings is 3. The van der Waals surface area contributed by atoms with Gasteiger partial charge in [-0.2, -0.15) is 0 Å². The fraction of sp³-hybridized carbons (Fsp3) is 0. The normalized spacial score (nSPS) is 10.6. The Morgan fingerprint density at radius 3 is 1.16 bits per heavy atom. The standard InChI is InChI=1S/C18H15O6P/c19-23-24-25(20-16-10-4-1-5-11-16,21-17-12-6-2-7-13-17)22-18-14-8-3-9-15-18/h1-15H/q+2. The lowest BCUT2D eigenvalue weighted by Gasteiger charge is -2.12. The first kappa shape index (κ1) is 16.7. The third kappa shape index (κ3) is 4.68. The van der Waals surface area contributed by atoms with Gasteiger partial charge >= 0.3 is 12.9 Å². The second-order valence-electron chi connectivity index (χ2n) is 4.80. The van der Waals surface area contributed by atoms with E-state index >= 15 is 0 Å². The Bertz CT molecular complexity index is 681. The quantitative estimate of drug-likeness (QED) is 0.232. The van der Waals surface area contributed by atoms with Crippen LogP contribution in [0.5, 0.6) is 17.2 Å². The molecule has 0 saturated carbocycles. The lowest BCUT2D eigenvalue weighted by molar-refractivity contribution is 0.235. The summed E-state index contributed by atoms with van der Waals surface area (Å²) in [5, 5.41) is 0. The minimum Gasteiger partial charge on any atom is -0.235 e. The van der Waals surface area contributed by atoms with Gasteiger partial charge < -0.3 is 0 Å². The molecule has 3 rings (SSSR count). The topological polar surface area (TPSA) is 65.3 Å². The number of hydrogen-bond acceptors (Lipinski definition) is 5. The smallest absolute Gasteiger partial charge is 0.235 e. The monoisotopic (exact) mass is 358 g/mol. The van der Waals surface area contributed by atoms with E-state index in [1.165, 1.54) is 0 Å². The van der Waals surface area contributed by atoms with Crippen molar-refractivity contribution in [2.45, 2.75) is 0 Å². The molecule has 0 amide bonds. The molecule has 6 nitrogen and oxygen atoms in total. The summed E-state index contributed by atoms with van der Waals surface area (Å²) < 4.78 is 25.8. The maximum atomic E-state index is 10.8. The van der Waals surface area contributed by atoms with Gasteiger partial charge in [0.2, 0.25) is 4.67 Å². The highest BCUT2D eigenvalue weighted by Crippen LogP contribution is 2.61. The Hall–Kier alpha value is -3.11. The molecule has 0 aliphatic carbocycles. The van der Waals surface area contributed by atoms with E-state index in [1.54, 1.807) is 72.8 Å². The summed E-state index contributed by atoms with van der Waals surface area (Å²) in [6.07, 6.45) is 0. The Balaban J connectivity index is 1.95. The molecule has 7 heteroatoms. The maximum absolute atomic E-state index is 10.8. The van der Waals surface area contributed by atoms with Gasteiger partial charge in [-0.25, -0.2) is 13.6 Å². The molecule has 25 heavy (non-hydrogen) atoms. The van der Waals surface area contributed by atoms with E-state index in [0.29, 0.717) is 17.2 Å².